The van der Waals surface area contributed by atoms with Gasteiger partial charge in [-0.05, 0) is 70.9 Å². The highest BCUT2D eigenvalue weighted by Crippen LogP contribution is 2.25. The lowest BCUT2D eigenvalue weighted by Gasteiger charge is -2.20. The lowest BCUT2D eigenvalue weighted by atomic mass is 9.91. The van der Waals surface area contributed by atoms with E-state index in [1.165, 1.54) is 4.80 Å². The highest BCUT2D eigenvalue weighted by Gasteiger charge is 2.26. The van der Waals surface area contributed by atoms with Gasteiger partial charge < -0.3 is 14.2 Å². The van der Waals surface area contributed by atoms with Crippen LogP contribution in [0.3, 0.4) is 0 Å². The molecule has 0 unspecified atom stereocenters. The van der Waals surface area contributed by atoms with Crippen molar-refractivity contribution < 1.29 is 23.8 Å². The summed E-state index contributed by atoms with van der Waals surface area (Å²) in [7, 11) is 0. The van der Waals surface area contributed by atoms with Crippen LogP contribution in [0, 0.1) is 5.41 Å². The SMILES string of the molecule is CCC(C)(C)C(=O)OCCc1ccc2nn(-c3ccccc3OC(=O)OC(C)(C)C)nc2c1. The topological polar surface area (TPSA) is 92.5 Å². The molecule has 0 amide bonds. The van der Waals surface area contributed by atoms with Crippen LogP contribution in [0.2, 0.25) is 0 Å². The summed E-state index contributed by atoms with van der Waals surface area (Å²) in [6.45, 7) is 11.3. The smallest absolute Gasteiger partial charge is 0.465 e. The number of rotatable bonds is 7. The number of esters is 1. The van der Waals surface area contributed by atoms with Gasteiger partial charge in [0.25, 0.3) is 0 Å². The quantitative estimate of drug-likeness (QED) is 0.356. The third-order valence-corrected chi connectivity index (χ3v) is 5.17. The Morgan fingerprint density at radius 3 is 2.36 bits per heavy atom. The second-order valence-electron chi connectivity index (χ2n) is 9.47. The summed E-state index contributed by atoms with van der Waals surface area (Å²) in [4.78, 5) is 25.7. The molecule has 0 fully saturated rings. The van der Waals surface area contributed by atoms with Crippen molar-refractivity contribution in [3.63, 3.8) is 0 Å². The summed E-state index contributed by atoms with van der Waals surface area (Å²) in [6.07, 6.45) is 0.502. The highest BCUT2D eigenvalue weighted by atomic mass is 16.7. The number of hydrogen-bond acceptors (Lipinski definition) is 7. The van der Waals surface area contributed by atoms with E-state index in [1.807, 2.05) is 45.0 Å². The molecule has 8 nitrogen and oxygen atoms in total. The number of aromatic nitrogens is 3. The molecule has 0 spiro atoms. The minimum Gasteiger partial charge on any atom is -0.465 e. The molecule has 0 saturated carbocycles. The zero-order valence-corrected chi connectivity index (χ0v) is 20.0. The molecule has 33 heavy (non-hydrogen) atoms. The number of ether oxygens (including phenoxy) is 3. The lowest BCUT2D eigenvalue weighted by Crippen LogP contribution is -2.26. The zero-order chi connectivity index (χ0) is 24.2. The van der Waals surface area contributed by atoms with Crippen LogP contribution in [-0.4, -0.2) is 39.3 Å². The third-order valence-electron chi connectivity index (χ3n) is 5.17. The Hall–Kier alpha value is -3.42. The number of carbonyl (C=O) groups excluding carboxylic acids is 2. The molecular formula is C25H31N3O5. The van der Waals surface area contributed by atoms with Crippen LogP contribution in [0.15, 0.2) is 42.5 Å². The normalized spacial score (nSPS) is 11.9. The molecule has 0 N–H and O–H groups in total. The molecule has 0 aliphatic rings. The fraction of sp³-hybridized carbons (Fsp3) is 0.440. The van der Waals surface area contributed by atoms with E-state index in [1.54, 1.807) is 39.0 Å². The van der Waals surface area contributed by atoms with Gasteiger partial charge in [0.1, 0.15) is 22.3 Å². The second kappa shape index (κ2) is 9.60. The van der Waals surface area contributed by atoms with Crippen molar-refractivity contribution >= 4 is 23.2 Å². The summed E-state index contributed by atoms with van der Waals surface area (Å²) >= 11 is 0. The van der Waals surface area contributed by atoms with Gasteiger partial charge in [-0.2, -0.15) is 0 Å². The molecule has 0 radical (unpaired) electrons. The first-order valence-electron chi connectivity index (χ1n) is 11.0. The molecule has 1 aromatic heterocycles. The molecule has 1 heterocycles. The summed E-state index contributed by atoms with van der Waals surface area (Å²) in [5, 5.41) is 9.05. The first-order chi connectivity index (χ1) is 15.5. The predicted octanol–water partition coefficient (Wildman–Crippen LogP) is 5.26. The van der Waals surface area contributed by atoms with Crippen molar-refractivity contribution in [2.24, 2.45) is 5.41 Å². The average molecular weight is 454 g/mol. The molecule has 0 bridgehead atoms. The van der Waals surface area contributed by atoms with Crippen molar-refractivity contribution in [1.29, 1.82) is 0 Å². The minimum atomic E-state index is -0.797. The molecule has 3 aromatic rings. The minimum absolute atomic E-state index is 0.196. The van der Waals surface area contributed by atoms with Gasteiger partial charge >= 0.3 is 12.1 Å². The fourth-order valence-corrected chi connectivity index (χ4v) is 2.89. The van der Waals surface area contributed by atoms with E-state index in [9.17, 15) is 9.59 Å². The van der Waals surface area contributed by atoms with Crippen LogP contribution in [0.4, 0.5) is 4.79 Å². The Morgan fingerprint density at radius 2 is 1.67 bits per heavy atom. The van der Waals surface area contributed by atoms with E-state index >= 15 is 0 Å². The molecule has 2 aromatic carbocycles. The Labute approximate surface area is 193 Å². The van der Waals surface area contributed by atoms with Gasteiger partial charge in [0, 0.05) is 6.42 Å². The largest absolute Gasteiger partial charge is 0.514 e. The molecule has 0 aliphatic heterocycles. The maximum atomic E-state index is 12.2. The van der Waals surface area contributed by atoms with Gasteiger partial charge in [0.05, 0.1) is 12.0 Å². The number of hydrogen-bond donors (Lipinski definition) is 0. The molecule has 0 aliphatic carbocycles. The highest BCUT2D eigenvalue weighted by molar-refractivity contribution is 5.76. The standard InChI is InChI=1S/C25H31N3O5/c1-7-25(5,6)22(29)31-15-14-17-12-13-18-19(16-17)27-28(26-18)20-10-8-9-11-21(20)32-23(30)33-24(2,3)4/h8-13,16H,7,14-15H2,1-6H3. The van der Waals surface area contributed by atoms with Gasteiger partial charge in [-0.25, -0.2) is 4.79 Å². The first kappa shape index (κ1) is 24.2. The van der Waals surface area contributed by atoms with Crippen LogP contribution >= 0.6 is 0 Å². The van der Waals surface area contributed by atoms with Crippen LogP contribution in [0.25, 0.3) is 16.7 Å². The van der Waals surface area contributed by atoms with Gasteiger partial charge in [0.15, 0.2) is 5.75 Å². The van der Waals surface area contributed by atoms with Crippen LogP contribution in [0.5, 0.6) is 5.75 Å². The Bertz CT molecular complexity index is 1140. The van der Waals surface area contributed by atoms with Crippen LogP contribution in [0.1, 0.15) is 53.5 Å². The first-order valence-corrected chi connectivity index (χ1v) is 11.0. The van der Waals surface area contributed by atoms with E-state index in [-0.39, 0.29) is 11.7 Å². The molecule has 176 valence electrons. The molecule has 3 rings (SSSR count). The number of nitrogens with zero attached hydrogens (tertiary/aromatic N) is 3. The van der Waals surface area contributed by atoms with Crippen molar-refractivity contribution in [3.8, 4) is 11.4 Å². The maximum Gasteiger partial charge on any atom is 0.514 e. The van der Waals surface area contributed by atoms with Gasteiger partial charge in [-0.15, -0.1) is 15.0 Å². The van der Waals surface area contributed by atoms with Crippen molar-refractivity contribution in [2.75, 3.05) is 6.61 Å². The molecule has 8 heteroatoms. The maximum absolute atomic E-state index is 12.2. The number of carbonyl (C=O) groups is 2. The summed E-state index contributed by atoms with van der Waals surface area (Å²) in [5.74, 6) is 0.0938. The summed E-state index contributed by atoms with van der Waals surface area (Å²) < 4.78 is 16.1. The second-order valence-corrected chi connectivity index (χ2v) is 9.47. The number of benzene rings is 2. The van der Waals surface area contributed by atoms with Crippen LogP contribution < -0.4 is 4.74 Å². The zero-order valence-electron chi connectivity index (χ0n) is 20.0. The Morgan fingerprint density at radius 1 is 0.970 bits per heavy atom. The lowest BCUT2D eigenvalue weighted by molar-refractivity contribution is -0.154. The molecule has 0 saturated heterocycles. The Balaban J connectivity index is 1.75. The van der Waals surface area contributed by atoms with Crippen molar-refractivity contribution in [1.82, 2.24) is 15.0 Å². The Kier molecular flexibility index (Phi) is 7.05. The molecule has 0 atom stereocenters. The van der Waals surface area contributed by atoms with E-state index in [4.69, 9.17) is 14.2 Å². The summed E-state index contributed by atoms with van der Waals surface area (Å²) in [5.41, 5.74) is 1.71. The van der Waals surface area contributed by atoms with Gasteiger partial charge in [-0.1, -0.05) is 25.1 Å². The van der Waals surface area contributed by atoms with E-state index in [2.05, 4.69) is 10.2 Å². The third kappa shape index (κ3) is 6.31. The van der Waals surface area contributed by atoms with Crippen LogP contribution in [-0.2, 0) is 20.7 Å². The fourth-order valence-electron chi connectivity index (χ4n) is 2.89. The van der Waals surface area contributed by atoms with E-state index < -0.39 is 17.2 Å². The van der Waals surface area contributed by atoms with Crippen molar-refractivity contribution in [2.45, 2.75) is 60.0 Å². The van der Waals surface area contributed by atoms with E-state index in [0.29, 0.717) is 29.7 Å². The molecular weight excluding hydrogens is 422 g/mol. The van der Waals surface area contributed by atoms with Crippen molar-refractivity contribution in [3.05, 3.63) is 48.0 Å². The van der Waals surface area contributed by atoms with Gasteiger partial charge in [-0.3, -0.25) is 4.79 Å². The summed E-state index contributed by atoms with van der Waals surface area (Å²) in [6, 6.07) is 12.7. The predicted molar refractivity (Wildman–Crippen MR) is 124 cm³/mol. The van der Waals surface area contributed by atoms with E-state index in [0.717, 1.165) is 12.0 Å². The number of para-hydroxylation sites is 2. The monoisotopic (exact) mass is 453 g/mol. The number of fused-ring (bicyclic) bond motifs is 1. The van der Waals surface area contributed by atoms with Gasteiger partial charge in [0.2, 0.25) is 0 Å². The average Bonchev–Trinajstić information content (AvgIpc) is 3.15.